The molecule has 0 aromatic heterocycles. The molecule has 2 heterocycles. The first kappa shape index (κ1) is 22.9. The number of amides is 2. The summed E-state index contributed by atoms with van der Waals surface area (Å²) < 4.78 is 0. The van der Waals surface area contributed by atoms with Gasteiger partial charge >= 0.3 is 0 Å². The fourth-order valence-electron chi connectivity index (χ4n) is 3.90. The summed E-state index contributed by atoms with van der Waals surface area (Å²) in [7, 11) is 1.76. The highest BCUT2D eigenvalue weighted by atomic mass is 35.5. The number of benzene rings is 1. The van der Waals surface area contributed by atoms with Crippen molar-refractivity contribution in [2.45, 2.75) is 25.8 Å². The zero-order valence-corrected chi connectivity index (χ0v) is 17.6. The number of piperidine rings is 1. The third-order valence-corrected chi connectivity index (χ3v) is 5.66. The lowest BCUT2D eigenvalue weighted by molar-refractivity contribution is -0.384. The highest BCUT2D eigenvalue weighted by molar-refractivity contribution is 5.96. The summed E-state index contributed by atoms with van der Waals surface area (Å²) in [6, 6.07) is 4.85. The summed E-state index contributed by atoms with van der Waals surface area (Å²) in [6.07, 6.45) is 1.76. The summed E-state index contributed by atoms with van der Waals surface area (Å²) in [5, 5.41) is 14.9. The molecule has 0 saturated carbocycles. The SMILES string of the molecule is CC(=O)N1CCN(c2ccc(C(=O)N(C)C3CCNCC3)cc2[N+](=O)[O-])CC1.Cl. The van der Waals surface area contributed by atoms with E-state index in [4.69, 9.17) is 0 Å². The summed E-state index contributed by atoms with van der Waals surface area (Å²) in [5.74, 6) is -0.181. The van der Waals surface area contributed by atoms with E-state index in [-0.39, 0.29) is 36.0 Å². The molecule has 2 amide bonds. The maximum atomic E-state index is 12.8. The van der Waals surface area contributed by atoms with E-state index in [1.165, 1.54) is 13.0 Å². The second kappa shape index (κ2) is 9.89. The highest BCUT2D eigenvalue weighted by Crippen LogP contribution is 2.31. The molecular weight excluding hydrogens is 398 g/mol. The van der Waals surface area contributed by atoms with Gasteiger partial charge in [-0.3, -0.25) is 19.7 Å². The Morgan fingerprint density at radius 3 is 2.34 bits per heavy atom. The average molecular weight is 426 g/mol. The van der Waals surface area contributed by atoms with Gasteiger partial charge in [-0.15, -0.1) is 12.4 Å². The number of carbonyl (C=O) groups excluding carboxylic acids is 2. The number of hydrogen-bond donors (Lipinski definition) is 1. The minimum Gasteiger partial charge on any atom is -0.362 e. The molecule has 2 aliphatic rings. The number of nitro benzene ring substituents is 1. The standard InChI is InChI=1S/C19H27N5O4.ClH/c1-14(25)22-9-11-23(12-10-22)17-4-3-15(13-18(17)24(27)28)19(26)21(2)16-5-7-20-8-6-16;/h3-4,13,16,20H,5-12H2,1-2H3;1H. The Bertz CT molecular complexity index is 761. The minimum atomic E-state index is -0.437. The Labute approximate surface area is 176 Å². The molecule has 0 atom stereocenters. The molecule has 1 N–H and O–H groups in total. The Balaban J connectivity index is 0.00000300. The molecule has 0 bridgehead atoms. The van der Waals surface area contributed by atoms with E-state index in [1.807, 2.05) is 4.90 Å². The number of nitro groups is 1. The number of halogens is 1. The lowest BCUT2D eigenvalue weighted by Gasteiger charge is -2.35. The number of carbonyl (C=O) groups is 2. The normalized spacial score (nSPS) is 17.4. The Hall–Kier alpha value is -2.39. The van der Waals surface area contributed by atoms with Crippen LogP contribution in [0.25, 0.3) is 0 Å². The molecule has 1 aromatic rings. The van der Waals surface area contributed by atoms with Crippen molar-refractivity contribution in [1.29, 1.82) is 0 Å². The van der Waals surface area contributed by atoms with E-state index in [9.17, 15) is 19.7 Å². The number of piperazine rings is 1. The molecule has 0 spiro atoms. The molecule has 160 valence electrons. The molecule has 0 unspecified atom stereocenters. The van der Waals surface area contributed by atoms with Crippen LogP contribution in [0, 0.1) is 10.1 Å². The summed E-state index contributed by atoms with van der Waals surface area (Å²) in [6.45, 7) is 5.39. The van der Waals surface area contributed by atoms with Crippen LogP contribution in [0.3, 0.4) is 0 Å². The van der Waals surface area contributed by atoms with Gasteiger partial charge in [-0.1, -0.05) is 0 Å². The zero-order chi connectivity index (χ0) is 20.3. The van der Waals surface area contributed by atoms with Gasteiger partial charge in [0.05, 0.1) is 4.92 Å². The predicted molar refractivity (Wildman–Crippen MR) is 113 cm³/mol. The first-order valence-corrected chi connectivity index (χ1v) is 9.65. The van der Waals surface area contributed by atoms with Crippen LogP contribution in [0.5, 0.6) is 0 Å². The van der Waals surface area contributed by atoms with Crippen LogP contribution in [0.4, 0.5) is 11.4 Å². The van der Waals surface area contributed by atoms with Gasteiger partial charge in [0, 0.05) is 57.8 Å². The van der Waals surface area contributed by atoms with Gasteiger partial charge in [0.1, 0.15) is 5.69 Å². The molecule has 2 aliphatic heterocycles. The lowest BCUT2D eigenvalue weighted by atomic mass is 10.0. The van der Waals surface area contributed by atoms with Crippen molar-refractivity contribution >= 4 is 35.6 Å². The summed E-state index contributed by atoms with van der Waals surface area (Å²) in [4.78, 5) is 40.9. The van der Waals surface area contributed by atoms with Crippen molar-refractivity contribution in [3.05, 3.63) is 33.9 Å². The molecular formula is C19H28ClN5O4. The van der Waals surface area contributed by atoms with Crippen molar-refractivity contribution < 1.29 is 14.5 Å². The number of nitrogens with one attached hydrogen (secondary N) is 1. The Morgan fingerprint density at radius 2 is 1.79 bits per heavy atom. The average Bonchev–Trinajstić information content (AvgIpc) is 2.73. The molecule has 2 saturated heterocycles. The molecule has 10 heteroatoms. The van der Waals surface area contributed by atoms with Gasteiger partial charge < -0.3 is 20.0 Å². The zero-order valence-electron chi connectivity index (χ0n) is 16.8. The van der Waals surface area contributed by atoms with E-state index in [0.29, 0.717) is 37.4 Å². The van der Waals surface area contributed by atoms with Crippen molar-refractivity contribution in [2.75, 3.05) is 51.2 Å². The Kier molecular flexibility index (Phi) is 7.80. The topological polar surface area (TPSA) is 99.0 Å². The van der Waals surface area contributed by atoms with Crippen LogP contribution in [-0.4, -0.2) is 78.9 Å². The largest absolute Gasteiger partial charge is 0.362 e. The summed E-state index contributed by atoms with van der Waals surface area (Å²) >= 11 is 0. The van der Waals surface area contributed by atoms with E-state index in [0.717, 1.165) is 25.9 Å². The van der Waals surface area contributed by atoms with Crippen LogP contribution in [0.2, 0.25) is 0 Å². The lowest BCUT2D eigenvalue weighted by Crippen LogP contribution is -2.48. The second-order valence-electron chi connectivity index (χ2n) is 7.35. The molecule has 1 aromatic carbocycles. The van der Waals surface area contributed by atoms with Crippen LogP contribution in [0.1, 0.15) is 30.1 Å². The highest BCUT2D eigenvalue weighted by Gasteiger charge is 2.28. The molecule has 2 fully saturated rings. The fourth-order valence-corrected chi connectivity index (χ4v) is 3.90. The maximum absolute atomic E-state index is 12.8. The third kappa shape index (κ3) is 5.16. The van der Waals surface area contributed by atoms with Gasteiger partial charge in [-0.25, -0.2) is 0 Å². The molecule has 3 rings (SSSR count). The predicted octanol–water partition coefficient (Wildman–Crippen LogP) is 1.51. The van der Waals surface area contributed by atoms with Crippen molar-refractivity contribution in [3.63, 3.8) is 0 Å². The smallest absolute Gasteiger partial charge is 0.293 e. The Morgan fingerprint density at radius 1 is 1.17 bits per heavy atom. The van der Waals surface area contributed by atoms with Gasteiger partial charge in [-0.05, 0) is 38.1 Å². The number of nitrogens with zero attached hydrogens (tertiary/aromatic N) is 4. The molecule has 0 aliphatic carbocycles. The summed E-state index contributed by atoms with van der Waals surface area (Å²) in [5.41, 5.74) is 0.758. The van der Waals surface area contributed by atoms with Gasteiger partial charge in [0.15, 0.2) is 0 Å². The molecule has 29 heavy (non-hydrogen) atoms. The fraction of sp³-hybridized carbons (Fsp3) is 0.579. The van der Waals surface area contributed by atoms with Crippen molar-refractivity contribution in [2.24, 2.45) is 0 Å². The van der Waals surface area contributed by atoms with E-state index in [2.05, 4.69) is 5.32 Å². The van der Waals surface area contributed by atoms with Crippen molar-refractivity contribution in [1.82, 2.24) is 15.1 Å². The minimum absolute atomic E-state index is 0. The van der Waals surface area contributed by atoms with Crippen LogP contribution in [0.15, 0.2) is 18.2 Å². The van der Waals surface area contributed by atoms with Crippen LogP contribution >= 0.6 is 12.4 Å². The van der Waals surface area contributed by atoms with Crippen molar-refractivity contribution in [3.8, 4) is 0 Å². The first-order valence-electron chi connectivity index (χ1n) is 9.65. The number of anilines is 1. The quantitative estimate of drug-likeness (QED) is 0.580. The van der Waals surface area contributed by atoms with Gasteiger partial charge in [0.25, 0.3) is 11.6 Å². The maximum Gasteiger partial charge on any atom is 0.293 e. The molecule has 9 nitrogen and oxygen atoms in total. The van der Waals surface area contributed by atoms with Gasteiger partial charge in [0.2, 0.25) is 5.91 Å². The number of rotatable bonds is 4. The first-order chi connectivity index (χ1) is 13.4. The molecule has 0 radical (unpaired) electrons. The van der Waals surface area contributed by atoms with E-state index in [1.54, 1.807) is 29.0 Å². The third-order valence-electron chi connectivity index (χ3n) is 5.66. The second-order valence-corrected chi connectivity index (χ2v) is 7.35. The van der Waals surface area contributed by atoms with Gasteiger partial charge in [-0.2, -0.15) is 0 Å². The van der Waals surface area contributed by atoms with Crippen LogP contribution < -0.4 is 10.2 Å². The monoisotopic (exact) mass is 425 g/mol. The number of hydrogen-bond acceptors (Lipinski definition) is 6. The van der Waals surface area contributed by atoms with E-state index < -0.39 is 4.92 Å². The van der Waals surface area contributed by atoms with E-state index >= 15 is 0 Å². The van der Waals surface area contributed by atoms with Crippen LogP contribution in [-0.2, 0) is 4.79 Å².